The molecule has 2 heterocycles. The summed E-state index contributed by atoms with van der Waals surface area (Å²) in [6.07, 6.45) is 3.23. The van der Waals surface area contributed by atoms with Gasteiger partial charge in [0.2, 0.25) is 5.91 Å². The first-order valence-electron chi connectivity index (χ1n) is 5.56. The summed E-state index contributed by atoms with van der Waals surface area (Å²) < 4.78 is 1.67. The molecule has 1 aromatic rings. The van der Waals surface area contributed by atoms with Crippen molar-refractivity contribution in [3.63, 3.8) is 0 Å². The summed E-state index contributed by atoms with van der Waals surface area (Å²) in [6, 6.07) is 0.140. The number of aliphatic hydroxyl groups is 1. The summed E-state index contributed by atoms with van der Waals surface area (Å²) in [6.45, 7) is 2.51. The molecule has 6 nitrogen and oxygen atoms in total. The lowest BCUT2D eigenvalue weighted by atomic mass is 10.2. The summed E-state index contributed by atoms with van der Waals surface area (Å²) >= 11 is 0. The normalized spacial score (nSPS) is 22.1. The van der Waals surface area contributed by atoms with E-state index in [2.05, 4.69) is 15.6 Å². The number of hydrogen-bond acceptors (Lipinski definition) is 4. The van der Waals surface area contributed by atoms with Crippen LogP contribution in [0.4, 0.5) is 0 Å². The van der Waals surface area contributed by atoms with Gasteiger partial charge >= 0.3 is 0 Å². The van der Waals surface area contributed by atoms with E-state index in [-0.39, 0.29) is 11.9 Å². The summed E-state index contributed by atoms with van der Waals surface area (Å²) in [5.74, 6) is 0.0962. The van der Waals surface area contributed by atoms with Crippen molar-refractivity contribution in [2.75, 3.05) is 0 Å². The first kappa shape index (κ1) is 11.1. The number of carbonyl (C=O) groups excluding carboxylic acids is 1. The SMILES string of the molecule is CCC(O)c1cn(CC2CCC(=O)N2)nn1. The quantitative estimate of drug-likeness (QED) is 0.754. The zero-order chi connectivity index (χ0) is 11.5. The van der Waals surface area contributed by atoms with Crippen molar-refractivity contribution in [2.45, 2.75) is 44.9 Å². The van der Waals surface area contributed by atoms with Crippen molar-refractivity contribution in [3.8, 4) is 0 Å². The van der Waals surface area contributed by atoms with Gasteiger partial charge in [0, 0.05) is 12.5 Å². The van der Waals surface area contributed by atoms with Gasteiger partial charge < -0.3 is 10.4 Å². The number of aliphatic hydroxyl groups excluding tert-OH is 1. The van der Waals surface area contributed by atoms with Crippen LogP contribution in [0.2, 0.25) is 0 Å². The van der Waals surface area contributed by atoms with E-state index in [1.807, 2.05) is 6.92 Å². The number of amides is 1. The van der Waals surface area contributed by atoms with Crippen molar-refractivity contribution in [1.82, 2.24) is 20.3 Å². The highest BCUT2D eigenvalue weighted by atomic mass is 16.3. The van der Waals surface area contributed by atoms with E-state index in [1.54, 1.807) is 10.9 Å². The number of aromatic nitrogens is 3. The topological polar surface area (TPSA) is 80.0 Å². The fraction of sp³-hybridized carbons (Fsp3) is 0.700. The van der Waals surface area contributed by atoms with Crippen LogP contribution in [0.3, 0.4) is 0 Å². The molecule has 0 bridgehead atoms. The van der Waals surface area contributed by atoms with Gasteiger partial charge in [-0.15, -0.1) is 5.10 Å². The Morgan fingerprint density at radius 2 is 2.56 bits per heavy atom. The minimum absolute atomic E-state index is 0.0962. The van der Waals surface area contributed by atoms with Crippen molar-refractivity contribution < 1.29 is 9.90 Å². The Hall–Kier alpha value is -1.43. The molecule has 0 radical (unpaired) electrons. The van der Waals surface area contributed by atoms with Crippen LogP contribution in [-0.2, 0) is 11.3 Å². The molecule has 0 spiro atoms. The van der Waals surface area contributed by atoms with E-state index in [4.69, 9.17) is 0 Å². The van der Waals surface area contributed by atoms with Gasteiger partial charge in [-0.1, -0.05) is 12.1 Å². The van der Waals surface area contributed by atoms with Gasteiger partial charge in [-0.3, -0.25) is 9.48 Å². The zero-order valence-electron chi connectivity index (χ0n) is 9.26. The highest BCUT2D eigenvalue weighted by molar-refractivity contribution is 5.78. The lowest BCUT2D eigenvalue weighted by Crippen LogP contribution is -2.29. The van der Waals surface area contributed by atoms with Crippen LogP contribution in [0.5, 0.6) is 0 Å². The predicted octanol–water partition coefficient (Wildman–Crippen LogP) is 0.0001000. The standard InChI is InChI=1S/C10H16N4O2/c1-2-9(15)8-6-14(13-12-8)5-7-3-4-10(16)11-7/h6-7,9,15H,2-5H2,1H3,(H,11,16). The van der Waals surface area contributed by atoms with Crippen LogP contribution in [0, 0.1) is 0 Å². The monoisotopic (exact) mass is 224 g/mol. The van der Waals surface area contributed by atoms with Gasteiger partial charge in [0.15, 0.2) is 0 Å². The smallest absolute Gasteiger partial charge is 0.220 e. The second-order valence-electron chi connectivity index (χ2n) is 4.09. The van der Waals surface area contributed by atoms with Crippen LogP contribution < -0.4 is 5.32 Å². The molecule has 2 unspecified atom stereocenters. The van der Waals surface area contributed by atoms with Gasteiger partial charge in [-0.25, -0.2) is 0 Å². The van der Waals surface area contributed by atoms with Gasteiger partial charge in [0.25, 0.3) is 0 Å². The molecule has 6 heteroatoms. The van der Waals surface area contributed by atoms with Crippen LogP contribution in [-0.4, -0.2) is 32.0 Å². The molecule has 16 heavy (non-hydrogen) atoms. The predicted molar refractivity (Wildman–Crippen MR) is 56.4 cm³/mol. The third-order valence-electron chi connectivity index (χ3n) is 2.78. The minimum atomic E-state index is -0.549. The molecule has 0 aliphatic carbocycles. The van der Waals surface area contributed by atoms with E-state index in [0.717, 1.165) is 6.42 Å². The molecule has 1 aromatic heterocycles. The second kappa shape index (κ2) is 4.61. The molecule has 0 saturated carbocycles. The molecule has 2 atom stereocenters. The largest absolute Gasteiger partial charge is 0.387 e. The lowest BCUT2D eigenvalue weighted by molar-refractivity contribution is -0.119. The van der Waals surface area contributed by atoms with E-state index < -0.39 is 6.10 Å². The van der Waals surface area contributed by atoms with Gasteiger partial charge in [0.1, 0.15) is 5.69 Å². The molecule has 88 valence electrons. The van der Waals surface area contributed by atoms with Crippen molar-refractivity contribution in [1.29, 1.82) is 0 Å². The Balaban J connectivity index is 1.95. The summed E-state index contributed by atoms with van der Waals surface area (Å²) in [5.41, 5.74) is 0.590. The third-order valence-corrected chi connectivity index (χ3v) is 2.78. The van der Waals surface area contributed by atoms with Gasteiger partial charge in [0.05, 0.1) is 18.8 Å². The fourth-order valence-corrected chi connectivity index (χ4v) is 1.80. The Morgan fingerprint density at radius 1 is 1.75 bits per heavy atom. The van der Waals surface area contributed by atoms with Crippen molar-refractivity contribution in [3.05, 3.63) is 11.9 Å². The first-order valence-corrected chi connectivity index (χ1v) is 5.56. The van der Waals surface area contributed by atoms with Gasteiger partial charge in [-0.2, -0.15) is 0 Å². The molecule has 2 rings (SSSR count). The molecular formula is C10H16N4O2. The second-order valence-corrected chi connectivity index (χ2v) is 4.09. The number of hydrogen-bond donors (Lipinski definition) is 2. The van der Waals surface area contributed by atoms with Crippen LogP contribution in [0.15, 0.2) is 6.20 Å². The molecule has 1 amide bonds. The maximum atomic E-state index is 11.0. The molecule has 0 aromatic carbocycles. The number of nitrogens with zero attached hydrogens (tertiary/aromatic N) is 3. The molecule has 1 aliphatic rings. The van der Waals surface area contributed by atoms with Crippen molar-refractivity contribution in [2.24, 2.45) is 0 Å². The van der Waals surface area contributed by atoms with Crippen molar-refractivity contribution >= 4 is 5.91 Å². The number of rotatable bonds is 4. The average Bonchev–Trinajstić information content (AvgIpc) is 2.87. The fourth-order valence-electron chi connectivity index (χ4n) is 1.80. The number of carbonyl (C=O) groups is 1. The molecule has 1 fully saturated rings. The summed E-state index contributed by atoms with van der Waals surface area (Å²) in [5, 5.41) is 20.3. The third kappa shape index (κ3) is 2.38. The van der Waals surface area contributed by atoms with Gasteiger partial charge in [-0.05, 0) is 12.8 Å². The van der Waals surface area contributed by atoms with E-state index >= 15 is 0 Å². The summed E-state index contributed by atoms with van der Waals surface area (Å²) in [4.78, 5) is 11.0. The average molecular weight is 224 g/mol. The first-order chi connectivity index (χ1) is 7.69. The minimum Gasteiger partial charge on any atom is -0.387 e. The Kier molecular flexibility index (Phi) is 3.19. The van der Waals surface area contributed by atoms with Crippen LogP contribution in [0.25, 0.3) is 0 Å². The highest BCUT2D eigenvalue weighted by Gasteiger charge is 2.21. The van der Waals surface area contributed by atoms with Crippen LogP contribution >= 0.6 is 0 Å². The number of nitrogens with one attached hydrogen (secondary N) is 1. The maximum absolute atomic E-state index is 11.0. The van der Waals surface area contributed by atoms with E-state index in [1.165, 1.54) is 0 Å². The maximum Gasteiger partial charge on any atom is 0.220 e. The molecular weight excluding hydrogens is 208 g/mol. The Labute approximate surface area is 93.6 Å². The molecule has 1 aliphatic heterocycles. The van der Waals surface area contributed by atoms with E-state index in [9.17, 15) is 9.90 Å². The van der Waals surface area contributed by atoms with E-state index in [0.29, 0.717) is 25.1 Å². The van der Waals surface area contributed by atoms with Crippen LogP contribution in [0.1, 0.15) is 38.0 Å². The molecule has 1 saturated heterocycles. The Morgan fingerprint density at radius 3 is 3.19 bits per heavy atom. The zero-order valence-corrected chi connectivity index (χ0v) is 9.26. The Bertz CT molecular complexity index is 377. The summed E-state index contributed by atoms with van der Waals surface area (Å²) in [7, 11) is 0. The molecule has 2 N–H and O–H groups in total. The lowest BCUT2D eigenvalue weighted by Gasteiger charge is -2.08. The highest BCUT2D eigenvalue weighted by Crippen LogP contribution is 2.13.